The maximum Gasteiger partial charge on any atom is 0.222 e. The molecule has 0 aliphatic rings. The zero-order valence-electron chi connectivity index (χ0n) is 14.4. The van der Waals surface area contributed by atoms with Crippen LogP contribution in [0.5, 0.6) is 5.75 Å². The standard InChI is InChI=1S/C17H27NO4S/c1-14(2)9-10-17(19)18(3)11-6-12-22-15-7-5-8-16(13-15)23(4,20)21/h5,7-8,13-14H,6,9-12H2,1-4H3. The largest absolute Gasteiger partial charge is 0.493 e. The third-order valence-electron chi connectivity index (χ3n) is 3.50. The van der Waals surface area contributed by atoms with E-state index in [0.717, 1.165) is 6.42 Å². The van der Waals surface area contributed by atoms with Crippen LogP contribution < -0.4 is 4.74 Å². The molecule has 0 atom stereocenters. The van der Waals surface area contributed by atoms with Crippen LogP contribution in [0.2, 0.25) is 0 Å². The lowest BCUT2D eigenvalue weighted by Gasteiger charge is -2.18. The number of ether oxygens (including phenoxy) is 1. The Bertz CT molecular complexity index is 611. The fourth-order valence-electron chi connectivity index (χ4n) is 2.01. The molecule has 23 heavy (non-hydrogen) atoms. The molecule has 0 unspecified atom stereocenters. The van der Waals surface area contributed by atoms with Crippen molar-refractivity contribution in [3.63, 3.8) is 0 Å². The SMILES string of the molecule is CC(C)CCC(=O)N(C)CCCOc1cccc(S(C)(=O)=O)c1. The first-order valence-corrected chi connectivity index (χ1v) is 9.76. The van der Waals surface area contributed by atoms with Crippen molar-refractivity contribution in [3.8, 4) is 5.75 Å². The van der Waals surface area contributed by atoms with Crippen LogP contribution in [0.4, 0.5) is 0 Å². The molecule has 0 heterocycles. The van der Waals surface area contributed by atoms with E-state index in [1.807, 2.05) is 0 Å². The van der Waals surface area contributed by atoms with Crippen molar-refractivity contribution in [1.82, 2.24) is 4.90 Å². The van der Waals surface area contributed by atoms with E-state index in [2.05, 4.69) is 13.8 Å². The Hall–Kier alpha value is -1.56. The second-order valence-electron chi connectivity index (χ2n) is 6.20. The second-order valence-corrected chi connectivity index (χ2v) is 8.21. The van der Waals surface area contributed by atoms with Gasteiger partial charge in [0.2, 0.25) is 5.91 Å². The van der Waals surface area contributed by atoms with Crippen molar-refractivity contribution >= 4 is 15.7 Å². The van der Waals surface area contributed by atoms with Gasteiger partial charge in [0.15, 0.2) is 9.84 Å². The molecule has 0 aromatic heterocycles. The number of sulfone groups is 1. The highest BCUT2D eigenvalue weighted by Crippen LogP contribution is 2.17. The molecule has 0 bridgehead atoms. The summed E-state index contributed by atoms with van der Waals surface area (Å²) in [6.07, 6.45) is 3.35. The lowest BCUT2D eigenvalue weighted by Crippen LogP contribution is -2.28. The van der Waals surface area contributed by atoms with Crippen molar-refractivity contribution in [3.05, 3.63) is 24.3 Å². The highest BCUT2D eigenvalue weighted by atomic mass is 32.2. The summed E-state index contributed by atoms with van der Waals surface area (Å²) in [6.45, 7) is 5.27. The molecule has 0 N–H and O–H groups in total. The van der Waals surface area contributed by atoms with Gasteiger partial charge in [0.25, 0.3) is 0 Å². The van der Waals surface area contributed by atoms with Crippen molar-refractivity contribution < 1.29 is 17.9 Å². The molecule has 6 heteroatoms. The molecule has 0 aliphatic heterocycles. The first-order chi connectivity index (χ1) is 10.7. The van der Waals surface area contributed by atoms with Crippen LogP contribution in [0.15, 0.2) is 29.2 Å². The van der Waals surface area contributed by atoms with Gasteiger partial charge in [-0.05, 0) is 37.0 Å². The molecule has 1 rings (SSSR count). The molecule has 0 radical (unpaired) electrons. The monoisotopic (exact) mass is 341 g/mol. The normalized spacial score (nSPS) is 11.5. The van der Waals surface area contributed by atoms with E-state index >= 15 is 0 Å². The van der Waals surface area contributed by atoms with Crippen molar-refractivity contribution in [2.75, 3.05) is 26.5 Å². The number of nitrogens with zero attached hydrogens (tertiary/aromatic N) is 1. The zero-order chi connectivity index (χ0) is 17.5. The fourth-order valence-corrected chi connectivity index (χ4v) is 2.67. The number of amides is 1. The van der Waals surface area contributed by atoms with Gasteiger partial charge in [0, 0.05) is 26.3 Å². The van der Waals surface area contributed by atoms with Crippen LogP contribution in [0, 0.1) is 5.92 Å². The Morgan fingerprint density at radius 1 is 1.30 bits per heavy atom. The van der Waals surface area contributed by atoms with E-state index in [4.69, 9.17) is 4.74 Å². The highest BCUT2D eigenvalue weighted by molar-refractivity contribution is 7.90. The van der Waals surface area contributed by atoms with E-state index in [0.29, 0.717) is 37.7 Å². The summed E-state index contributed by atoms with van der Waals surface area (Å²) in [4.78, 5) is 13.9. The number of benzene rings is 1. The Morgan fingerprint density at radius 3 is 2.61 bits per heavy atom. The lowest BCUT2D eigenvalue weighted by molar-refractivity contribution is -0.130. The van der Waals surface area contributed by atoms with Crippen LogP contribution >= 0.6 is 0 Å². The molecule has 1 amide bonds. The summed E-state index contributed by atoms with van der Waals surface area (Å²) >= 11 is 0. The Morgan fingerprint density at radius 2 is 2.00 bits per heavy atom. The minimum Gasteiger partial charge on any atom is -0.493 e. The van der Waals surface area contributed by atoms with Crippen LogP contribution in [-0.2, 0) is 14.6 Å². The summed E-state index contributed by atoms with van der Waals surface area (Å²) < 4.78 is 28.5. The van der Waals surface area contributed by atoms with Gasteiger partial charge in [-0.3, -0.25) is 4.79 Å². The van der Waals surface area contributed by atoms with Crippen LogP contribution in [0.3, 0.4) is 0 Å². The minimum absolute atomic E-state index is 0.151. The predicted molar refractivity (Wildman–Crippen MR) is 91.4 cm³/mol. The average molecular weight is 341 g/mol. The van der Waals surface area contributed by atoms with Crippen LogP contribution in [-0.4, -0.2) is 45.7 Å². The predicted octanol–water partition coefficient (Wildman–Crippen LogP) is 2.75. The Labute approximate surface area is 139 Å². The van der Waals surface area contributed by atoms with E-state index in [1.54, 1.807) is 30.1 Å². The first-order valence-electron chi connectivity index (χ1n) is 7.87. The summed E-state index contributed by atoms with van der Waals surface area (Å²) in [6, 6.07) is 6.45. The van der Waals surface area contributed by atoms with E-state index < -0.39 is 9.84 Å². The molecule has 5 nitrogen and oxygen atoms in total. The van der Waals surface area contributed by atoms with Gasteiger partial charge in [0.1, 0.15) is 5.75 Å². The zero-order valence-corrected chi connectivity index (χ0v) is 15.2. The second kappa shape index (κ2) is 8.91. The summed E-state index contributed by atoms with van der Waals surface area (Å²) in [5.74, 6) is 1.21. The summed E-state index contributed by atoms with van der Waals surface area (Å²) in [7, 11) is -1.43. The first kappa shape index (κ1) is 19.5. The minimum atomic E-state index is -3.23. The molecule has 0 spiro atoms. The molecule has 1 aromatic rings. The summed E-state index contributed by atoms with van der Waals surface area (Å²) in [5, 5.41) is 0. The van der Waals surface area contributed by atoms with E-state index in [-0.39, 0.29) is 10.8 Å². The van der Waals surface area contributed by atoms with Crippen LogP contribution in [0.1, 0.15) is 33.1 Å². The molecule has 130 valence electrons. The molecule has 1 aromatic carbocycles. The molecular formula is C17H27NO4S. The fraction of sp³-hybridized carbons (Fsp3) is 0.588. The van der Waals surface area contributed by atoms with Gasteiger partial charge >= 0.3 is 0 Å². The topological polar surface area (TPSA) is 63.7 Å². The number of carbonyl (C=O) groups is 1. The van der Waals surface area contributed by atoms with Crippen molar-refractivity contribution in [1.29, 1.82) is 0 Å². The quantitative estimate of drug-likeness (QED) is 0.648. The van der Waals surface area contributed by atoms with Crippen LogP contribution in [0.25, 0.3) is 0 Å². The Balaban J connectivity index is 2.36. The third-order valence-corrected chi connectivity index (χ3v) is 4.61. The maximum atomic E-state index is 11.9. The van der Waals surface area contributed by atoms with Gasteiger partial charge in [-0.25, -0.2) is 8.42 Å². The van der Waals surface area contributed by atoms with Crippen molar-refractivity contribution in [2.24, 2.45) is 5.92 Å². The van der Waals surface area contributed by atoms with Gasteiger partial charge < -0.3 is 9.64 Å². The number of hydrogen-bond donors (Lipinski definition) is 0. The molecule has 0 saturated carbocycles. The number of rotatable bonds is 9. The molecule has 0 saturated heterocycles. The van der Waals surface area contributed by atoms with Gasteiger partial charge in [-0.1, -0.05) is 19.9 Å². The van der Waals surface area contributed by atoms with Gasteiger partial charge in [0.05, 0.1) is 11.5 Å². The van der Waals surface area contributed by atoms with Crippen molar-refractivity contribution in [2.45, 2.75) is 38.0 Å². The molecule has 0 fully saturated rings. The average Bonchev–Trinajstić information content (AvgIpc) is 2.48. The number of carbonyl (C=O) groups excluding carboxylic acids is 1. The molecule has 0 aliphatic carbocycles. The van der Waals surface area contributed by atoms with Gasteiger partial charge in [-0.15, -0.1) is 0 Å². The van der Waals surface area contributed by atoms with Gasteiger partial charge in [-0.2, -0.15) is 0 Å². The highest BCUT2D eigenvalue weighted by Gasteiger charge is 2.10. The maximum absolute atomic E-state index is 11.9. The Kier molecular flexibility index (Phi) is 7.55. The van der Waals surface area contributed by atoms with E-state index in [1.165, 1.54) is 12.3 Å². The lowest BCUT2D eigenvalue weighted by atomic mass is 10.1. The van der Waals surface area contributed by atoms with E-state index in [9.17, 15) is 13.2 Å². The summed E-state index contributed by atoms with van der Waals surface area (Å²) in [5.41, 5.74) is 0. The third kappa shape index (κ3) is 7.50. The smallest absolute Gasteiger partial charge is 0.222 e. The number of hydrogen-bond acceptors (Lipinski definition) is 4. The molecular weight excluding hydrogens is 314 g/mol.